The molecule has 108 valence electrons. The SMILES string of the molecule is CCN(C(=O)CC1C=CS(=O)(=O)C1)C1CCCCC1. The van der Waals surface area contributed by atoms with Crippen LogP contribution in [0.2, 0.25) is 0 Å². The quantitative estimate of drug-likeness (QED) is 0.795. The smallest absolute Gasteiger partial charge is 0.223 e. The molecule has 1 aliphatic carbocycles. The molecular weight excluding hydrogens is 262 g/mol. The van der Waals surface area contributed by atoms with E-state index in [9.17, 15) is 13.2 Å². The first-order valence-electron chi connectivity index (χ1n) is 7.22. The van der Waals surface area contributed by atoms with E-state index in [-0.39, 0.29) is 17.6 Å². The normalized spacial score (nSPS) is 26.5. The number of carbonyl (C=O) groups excluding carboxylic acids is 1. The standard InChI is InChI=1S/C14H23NO3S/c1-2-15(13-6-4-3-5-7-13)14(16)10-12-8-9-19(17,18)11-12/h8-9,12-13H,2-7,10-11H2,1H3. The molecule has 19 heavy (non-hydrogen) atoms. The average Bonchev–Trinajstić information content (AvgIpc) is 2.71. The summed E-state index contributed by atoms with van der Waals surface area (Å²) in [6.45, 7) is 2.74. The Balaban J connectivity index is 1.92. The number of hydrogen-bond acceptors (Lipinski definition) is 3. The van der Waals surface area contributed by atoms with Gasteiger partial charge in [-0.25, -0.2) is 8.42 Å². The highest BCUT2D eigenvalue weighted by atomic mass is 32.2. The van der Waals surface area contributed by atoms with Gasteiger partial charge < -0.3 is 4.90 Å². The van der Waals surface area contributed by atoms with Crippen molar-refractivity contribution < 1.29 is 13.2 Å². The highest BCUT2D eigenvalue weighted by Gasteiger charge is 2.28. The Kier molecular flexibility index (Phi) is 4.66. The molecule has 0 aromatic rings. The first-order chi connectivity index (χ1) is 9.02. The van der Waals surface area contributed by atoms with Gasteiger partial charge in [-0.2, -0.15) is 0 Å². The number of sulfone groups is 1. The average molecular weight is 285 g/mol. The summed E-state index contributed by atoms with van der Waals surface area (Å²) >= 11 is 0. The molecular formula is C14H23NO3S. The predicted octanol–water partition coefficient (Wildman–Crippen LogP) is 2.12. The molecule has 1 atom stereocenters. The largest absolute Gasteiger partial charge is 0.340 e. The maximum atomic E-state index is 12.3. The Morgan fingerprint density at radius 1 is 1.26 bits per heavy atom. The molecule has 2 aliphatic rings. The van der Waals surface area contributed by atoms with Gasteiger partial charge in [0.05, 0.1) is 5.75 Å². The summed E-state index contributed by atoms with van der Waals surface area (Å²) in [4.78, 5) is 14.3. The van der Waals surface area contributed by atoms with Gasteiger partial charge in [-0.05, 0) is 19.8 Å². The van der Waals surface area contributed by atoms with Gasteiger partial charge in [-0.15, -0.1) is 0 Å². The molecule has 1 unspecified atom stereocenters. The Hall–Kier alpha value is -0.840. The first kappa shape index (κ1) is 14.6. The topological polar surface area (TPSA) is 54.5 Å². The lowest BCUT2D eigenvalue weighted by molar-refractivity contribution is -0.134. The zero-order valence-electron chi connectivity index (χ0n) is 11.5. The minimum absolute atomic E-state index is 0.0982. The van der Waals surface area contributed by atoms with E-state index in [0.717, 1.165) is 19.4 Å². The van der Waals surface area contributed by atoms with Crippen LogP contribution in [-0.4, -0.2) is 37.6 Å². The molecule has 0 aromatic heterocycles. The fourth-order valence-corrected chi connectivity index (χ4v) is 4.54. The zero-order valence-corrected chi connectivity index (χ0v) is 12.4. The fraction of sp³-hybridized carbons (Fsp3) is 0.786. The van der Waals surface area contributed by atoms with E-state index in [0.29, 0.717) is 12.5 Å². The number of rotatable bonds is 4. The summed E-state index contributed by atoms with van der Waals surface area (Å²) in [5.74, 6) is 0.0809. The van der Waals surface area contributed by atoms with Crippen molar-refractivity contribution in [3.63, 3.8) is 0 Å². The molecule has 1 fully saturated rings. The van der Waals surface area contributed by atoms with Crippen LogP contribution in [0.3, 0.4) is 0 Å². The van der Waals surface area contributed by atoms with Gasteiger partial charge in [-0.3, -0.25) is 4.79 Å². The van der Waals surface area contributed by atoms with Crippen LogP contribution in [0.4, 0.5) is 0 Å². The molecule has 0 N–H and O–H groups in total. The van der Waals surface area contributed by atoms with Gasteiger partial charge in [0.25, 0.3) is 0 Å². The summed E-state index contributed by atoms with van der Waals surface area (Å²) < 4.78 is 22.7. The zero-order chi connectivity index (χ0) is 13.9. The summed E-state index contributed by atoms with van der Waals surface area (Å²) in [6.07, 6.45) is 7.86. The van der Waals surface area contributed by atoms with Crippen LogP contribution in [0, 0.1) is 5.92 Å². The minimum atomic E-state index is -3.05. The Bertz CT molecular complexity index is 449. The van der Waals surface area contributed by atoms with Crippen LogP contribution < -0.4 is 0 Å². The van der Waals surface area contributed by atoms with Gasteiger partial charge in [0.1, 0.15) is 0 Å². The summed E-state index contributed by atoms with van der Waals surface area (Å²) in [6, 6.07) is 0.369. The van der Waals surface area contributed by atoms with Crippen LogP contribution in [-0.2, 0) is 14.6 Å². The maximum Gasteiger partial charge on any atom is 0.223 e. The third-order valence-corrected chi connectivity index (χ3v) is 5.58. The summed E-state index contributed by atoms with van der Waals surface area (Å²) in [5, 5.41) is 1.25. The predicted molar refractivity (Wildman–Crippen MR) is 75.3 cm³/mol. The van der Waals surface area contributed by atoms with Crippen molar-refractivity contribution >= 4 is 15.7 Å². The van der Waals surface area contributed by atoms with Crippen molar-refractivity contribution in [1.29, 1.82) is 0 Å². The maximum absolute atomic E-state index is 12.3. The molecule has 0 radical (unpaired) electrons. The van der Waals surface area contributed by atoms with Crippen LogP contribution in [0.1, 0.15) is 45.4 Å². The lowest BCUT2D eigenvalue weighted by atomic mass is 9.93. The number of amides is 1. The molecule has 0 spiro atoms. The second-order valence-corrected chi connectivity index (χ2v) is 7.53. The van der Waals surface area contributed by atoms with Crippen LogP contribution in [0.15, 0.2) is 11.5 Å². The van der Waals surface area contributed by atoms with Crippen molar-refractivity contribution in [2.75, 3.05) is 12.3 Å². The van der Waals surface area contributed by atoms with Gasteiger partial charge in [-0.1, -0.05) is 25.3 Å². The van der Waals surface area contributed by atoms with E-state index in [1.54, 1.807) is 6.08 Å². The molecule has 0 saturated heterocycles. The monoisotopic (exact) mass is 285 g/mol. The second kappa shape index (κ2) is 6.07. The molecule has 1 aliphatic heterocycles. The molecule has 4 nitrogen and oxygen atoms in total. The van der Waals surface area contributed by atoms with Gasteiger partial charge in [0, 0.05) is 30.3 Å². The Morgan fingerprint density at radius 3 is 2.47 bits per heavy atom. The van der Waals surface area contributed by atoms with E-state index < -0.39 is 9.84 Å². The lowest BCUT2D eigenvalue weighted by Gasteiger charge is -2.34. The van der Waals surface area contributed by atoms with E-state index in [2.05, 4.69) is 0 Å². The van der Waals surface area contributed by atoms with Crippen LogP contribution in [0.25, 0.3) is 0 Å². The van der Waals surface area contributed by atoms with Crippen molar-refractivity contribution in [2.24, 2.45) is 5.92 Å². The summed E-state index contributed by atoms with van der Waals surface area (Å²) in [5.41, 5.74) is 0. The van der Waals surface area contributed by atoms with Crippen LogP contribution in [0.5, 0.6) is 0 Å². The Morgan fingerprint density at radius 2 is 1.95 bits per heavy atom. The van der Waals surface area contributed by atoms with Crippen molar-refractivity contribution in [3.8, 4) is 0 Å². The van der Waals surface area contributed by atoms with E-state index in [1.165, 1.54) is 24.7 Å². The van der Waals surface area contributed by atoms with Gasteiger partial charge >= 0.3 is 0 Å². The number of carbonyl (C=O) groups is 1. The number of nitrogens with zero attached hydrogens (tertiary/aromatic N) is 1. The highest BCUT2D eigenvalue weighted by Crippen LogP contribution is 2.25. The number of hydrogen-bond donors (Lipinski definition) is 0. The fourth-order valence-electron chi connectivity index (χ4n) is 3.14. The molecule has 1 heterocycles. The molecule has 1 amide bonds. The summed E-state index contributed by atoms with van der Waals surface area (Å²) in [7, 11) is -3.05. The second-order valence-electron chi connectivity index (χ2n) is 5.59. The molecule has 1 saturated carbocycles. The minimum Gasteiger partial charge on any atom is -0.340 e. The molecule has 0 aromatic carbocycles. The van der Waals surface area contributed by atoms with Crippen molar-refractivity contribution in [1.82, 2.24) is 4.90 Å². The van der Waals surface area contributed by atoms with E-state index >= 15 is 0 Å². The van der Waals surface area contributed by atoms with Gasteiger partial charge in [0.2, 0.25) is 5.91 Å². The molecule has 2 rings (SSSR count). The molecule has 5 heteroatoms. The van der Waals surface area contributed by atoms with Crippen LogP contribution >= 0.6 is 0 Å². The lowest BCUT2D eigenvalue weighted by Crippen LogP contribution is -2.42. The number of allylic oxidation sites excluding steroid dienone is 1. The van der Waals surface area contributed by atoms with E-state index in [1.807, 2.05) is 11.8 Å². The van der Waals surface area contributed by atoms with Crippen molar-refractivity contribution in [2.45, 2.75) is 51.5 Å². The van der Waals surface area contributed by atoms with E-state index in [4.69, 9.17) is 0 Å². The first-order valence-corrected chi connectivity index (χ1v) is 8.94. The Labute approximate surface area is 115 Å². The molecule has 0 bridgehead atoms. The third-order valence-electron chi connectivity index (χ3n) is 4.12. The van der Waals surface area contributed by atoms with Gasteiger partial charge in [0.15, 0.2) is 9.84 Å². The highest BCUT2D eigenvalue weighted by molar-refractivity contribution is 7.94. The van der Waals surface area contributed by atoms with Crippen molar-refractivity contribution in [3.05, 3.63) is 11.5 Å². The third kappa shape index (κ3) is 3.81.